The minimum absolute atomic E-state index is 0.148. The molecule has 2 aromatic heterocycles. The van der Waals surface area contributed by atoms with Crippen molar-refractivity contribution in [2.24, 2.45) is 0 Å². The maximum atomic E-state index is 13.4. The monoisotopic (exact) mass is 509 g/mol. The Hall–Kier alpha value is -4.79. The van der Waals surface area contributed by atoms with Crippen LogP contribution in [-0.4, -0.2) is 44.4 Å². The van der Waals surface area contributed by atoms with E-state index in [0.717, 1.165) is 16.7 Å². The molecule has 190 valence electrons. The van der Waals surface area contributed by atoms with Crippen molar-refractivity contribution >= 4 is 5.91 Å². The fourth-order valence-corrected chi connectivity index (χ4v) is 4.57. The molecule has 3 heterocycles. The lowest BCUT2D eigenvalue weighted by molar-refractivity contribution is 0.0717. The second-order valence-corrected chi connectivity index (χ2v) is 9.16. The third-order valence-electron chi connectivity index (χ3n) is 6.51. The van der Waals surface area contributed by atoms with Crippen LogP contribution in [-0.2, 0) is 13.0 Å². The molecular weight excluding hydrogens is 485 g/mol. The largest absolute Gasteiger partial charge is 0.484 e. The van der Waals surface area contributed by atoms with Crippen molar-refractivity contribution in [2.45, 2.75) is 19.1 Å². The third kappa shape index (κ3) is 4.54. The van der Waals surface area contributed by atoms with E-state index in [1.807, 2.05) is 60.7 Å². The summed E-state index contributed by atoms with van der Waals surface area (Å²) in [6, 6.07) is 25.5. The van der Waals surface area contributed by atoms with Gasteiger partial charge < -0.3 is 14.1 Å². The lowest BCUT2D eigenvalue weighted by Gasteiger charge is -2.31. The molecule has 0 saturated heterocycles. The first-order valence-corrected chi connectivity index (χ1v) is 12.2. The molecule has 0 spiro atoms. The Kier molecular flexibility index (Phi) is 6.17. The fraction of sp³-hybridized carbons (Fsp3) is 0.172. The van der Waals surface area contributed by atoms with Crippen LogP contribution in [0.4, 0.5) is 4.39 Å². The maximum absolute atomic E-state index is 13.4. The molecule has 0 N–H and O–H groups in total. The Balaban J connectivity index is 1.42. The van der Waals surface area contributed by atoms with Gasteiger partial charge >= 0.3 is 0 Å². The third-order valence-corrected chi connectivity index (χ3v) is 6.51. The number of ether oxygens (including phenoxy) is 1. The summed E-state index contributed by atoms with van der Waals surface area (Å²) in [6.45, 7) is 0.685. The number of aromatic nitrogens is 4. The molecule has 0 bridgehead atoms. The summed E-state index contributed by atoms with van der Waals surface area (Å²) >= 11 is 0. The number of rotatable bonds is 7. The highest BCUT2D eigenvalue weighted by atomic mass is 19.1. The summed E-state index contributed by atoms with van der Waals surface area (Å²) < 4.78 is 27.3. The zero-order chi connectivity index (χ0) is 26.1. The SMILES string of the molecule is CN1CC(c2ccccc2)n2nc(-c3nnc(Cc4ccc(F)cc4)o3)c(OCc3ccccc3)c2C1=O. The lowest BCUT2D eigenvalue weighted by Crippen LogP contribution is -2.41. The number of hydrogen-bond donors (Lipinski definition) is 0. The van der Waals surface area contributed by atoms with Crippen molar-refractivity contribution < 1.29 is 18.3 Å². The number of fused-ring (bicyclic) bond motifs is 1. The molecule has 1 aliphatic heterocycles. The van der Waals surface area contributed by atoms with Crippen molar-refractivity contribution in [2.75, 3.05) is 13.6 Å². The number of amides is 1. The number of nitrogens with zero attached hydrogens (tertiary/aromatic N) is 5. The van der Waals surface area contributed by atoms with Gasteiger partial charge in [-0.15, -0.1) is 10.2 Å². The molecule has 1 atom stereocenters. The summed E-state index contributed by atoms with van der Waals surface area (Å²) in [5.41, 5.74) is 3.42. The van der Waals surface area contributed by atoms with Gasteiger partial charge in [0.2, 0.25) is 5.89 Å². The summed E-state index contributed by atoms with van der Waals surface area (Å²) in [5.74, 6) is 0.267. The van der Waals surface area contributed by atoms with Gasteiger partial charge in [0.25, 0.3) is 11.8 Å². The number of benzene rings is 3. The van der Waals surface area contributed by atoms with Crippen LogP contribution in [0.25, 0.3) is 11.6 Å². The van der Waals surface area contributed by atoms with Crippen LogP contribution in [0.3, 0.4) is 0 Å². The van der Waals surface area contributed by atoms with E-state index >= 15 is 0 Å². The van der Waals surface area contributed by atoms with Gasteiger partial charge in [-0.05, 0) is 28.8 Å². The first-order valence-electron chi connectivity index (χ1n) is 12.2. The Morgan fingerprint density at radius 1 is 0.947 bits per heavy atom. The molecule has 1 aliphatic rings. The molecule has 8 nitrogen and oxygen atoms in total. The summed E-state index contributed by atoms with van der Waals surface area (Å²) in [7, 11) is 1.77. The van der Waals surface area contributed by atoms with Crippen LogP contribution >= 0.6 is 0 Å². The van der Waals surface area contributed by atoms with Crippen molar-refractivity contribution in [3.05, 3.63) is 119 Å². The molecule has 38 heavy (non-hydrogen) atoms. The predicted molar refractivity (Wildman–Crippen MR) is 137 cm³/mol. The van der Waals surface area contributed by atoms with Crippen molar-refractivity contribution in [3.63, 3.8) is 0 Å². The van der Waals surface area contributed by atoms with E-state index in [-0.39, 0.29) is 30.3 Å². The molecule has 0 fully saturated rings. The molecule has 0 radical (unpaired) electrons. The van der Waals surface area contributed by atoms with Crippen LogP contribution in [0.2, 0.25) is 0 Å². The molecular formula is C29H24FN5O3. The van der Waals surface area contributed by atoms with Gasteiger partial charge in [0.1, 0.15) is 12.4 Å². The van der Waals surface area contributed by atoms with E-state index in [9.17, 15) is 9.18 Å². The second kappa shape index (κ2) is 9.93. The van der Waals surface area contributed by atoms with Gasteiger partial charge in [0, 0.05) is 13.6 Å². The molecule has 3 aromatic carbocycles. The van der Waals surface area contributed by atoms with Gasteiger partial charge in [-0.25, -0.2) is 9.07 Å². The van der Waals surface area contributed by atoms with Gasteiger partial charge in [0.05, 0.1) is 12.5 Å². The predicted octanol–water partition coefficient (Wildman–Crippen LogP) is 4.92. The number of carbonyl (C=O) groups is 1. The highest BCUT2D eigenvalue weighted by Crippen LogP contribution is 2.39. The van der Waals surface area contributed by atoms with Crippen LogP contribution < -0.4 is 4.74 Å². The normalized spacial score (nSPS) is 14.9. The highest BCUT2D eigenvalue weighted by Gasteiger charge is 2.38. The smallest absolute Gasteiger partial charge is 0.275 e. The minimum Gasteiger partial charge on any atom is -0.484 e. The van der Waals surface area contributed by atoms with Crippen LogP contribution in [0.15, 0.2) is 89.3 Å². The first-order chi connectivity index (χ1) is 18.6. The summed E-state index contributed by atoms with van der Waals surface area (Å²) in [5, 5.41) is 13.2. The maximum Gasteiger partial charge on any atom is 0.275 e. The van der Waals surface area contributed by atoms with Crippen molar-refractivity contribution in [3.8, 4) is 17.3 Å². The van der Waals surface area contributed by atoms with Crippen LogP contribution in [0.1, 0.15) is 39.1 Å². The molecule has 5 aromatic rings. The summed E-state index contributed by atoms with van der Waals surface area (Å²) in [6.07, 6.45) is 0.329. The summed E-state index contributed by atoms with van der Waals surface area (Å²) in [4.78, 5) is 15.1. The number of likely N-dealkylation sites (N-methyl/N-ethyl adjacent to an activating group) is 1. The fourth-order valence-electron chi connectivity index (χ4n) is 4.57. The molecule has 9 heteroatoms. The minimum atomic E-state index is -0.314. The van der Waals surface area contributed by atoms with Gasteiger partial charge in [0.15, 0.2) is 17.1 Å². The zero-order valence-corrected chi connectivity index (χ0v) is 20.6. The molecule has 0 aliphatic carbocycles. The first kappa shape index (κ1) is 23.6. The van der Waals surface area contributed by atoms with Crippen molar-refractivity contribution in [1.29, 1.82) is 0 Å². The topological polar surface area (TPSA) is 86.3 Å². The van der Waals surface area contributed by atoms with Gasteiger partial charge in [-0.1, -0.05) is 72.8 Å². The quantitative estimate of drug-likeness (QED) is 0.310. The van der Waals surface area contributed by atoms with E-state index in [4.69, 9.17) is 14.3 Å². The van der Waals surface area contributed by atoms with Gasteiger partial charge in [-0.2, -0.15) is 5.10 Å². The van der Waals surface area contributed by atoms with E-state index in [2.05, 4.69) is 10.2 Å². The average molecular weight is 510 g/mol. The number of carbonyl (C=O) groups excluding carboxylic acids is 1. The van der Waals surface area contributed by atoms with Crippen LogP contribution in [0.5, 0.6) is 5.75 Å². The standard InChI is InChI=1S/C29H24FN5O3/c1-34-17-23(21-10-6-3-7-11-21)35-26(29(34)36)27(37-18-20-8-4-2-5-9-20)25(33-35)28-32-31-24(38-28)16-19-12-14-22(30)15-13-19/h2-15,23H,16-18H2,1H3. The Labute approximate surface area is 218 Å². The Bertz CT molecular complexity index is 1570. The van der Waals surface area contributed by atoms with E-state index in [0.29, 0.717) is 36.0 Å². The average Bonchev–Trinajstić information content (AvgIpc) is 3.57. The van der Waals surface area contributed by atoms with E-state index in [1.165, 1.54) is 12.1 Å². The van der Waals surface area contributed by atoms with E-state index in [1.54, 1.807) is 28.8 Å². The lowest BCUT2D eigenvalue weighted by atomic mass is 10.0. The molecule has 1 amide bonds. The van der Waals surface area contributed by atoms with Crippen molar-refractivity contribution in [1.82, 2.24) is 24.9 Å². The molecule has 1 unspecified atom stereocenters. The van der Waals surface area contributed by atoms with E-state index < -0.39 is 0 Å². The zero-order valence-electron chi connectivity index (χ0n) is 20.6. The highest BCUT2D eigenvalue weighted by molar-refractivity contribution is 5.98. The van der Waals surface area contributed by atoms with Crippen LogP contribution in [0, 0.1) is 5.82 Å². The second-order valence-electron chi connectivity index (χ2n) is 9.16. The number of hydrogen-bond acceptors (Lipinski definition) is 6. The molecule has 0 saturated carbocycles. The van der Waals surface area contributed by atoms with Gasteiger partial charge in [-0.3, -0.25) is 4.79 Å². The Morgan fingerprint density at radius 3 is 2.39 bits per heavy atom. The Morgan fingerprint density at radius 2 is 1.66 bits per heavy atom. The molecule has 6 rings (SSSR count). The number of halogens is 1.